The second-order valence-corrected chi connectivity index (χ2v) is 5.63. The van der Waals surface area contributed by atoms with E-state index in [9.17, 15) is 4.79 Å². The number of hydrogen-bond acceptors (Lipinski definition) is 4. The summed E-state index contributed by atoms with van der Waals surface area (Å²) in [4.78, 5) is 13.1. The molecule has 1 aliphatic rings. The molecule has 2 rings (SSSR count). The third kappa shape index (κ3) is 5.22. The van der Waals surface area contributed by atoms with E-state index in [1.54, 1.807) is 7.11 Å². The van der Waals surface area contributed by atoms with Gasteiger partial charge in [-0.1, -0.05) is 12.5 Å². The average molecular weight is 307 g/mol. The molecule has 0 bridgehead atoms. The van der Waals surface area contributed by atoms with Crippen molar-refractivity contribution < 1.29 is 19.4 Å². The molecule has 0 spiro atoms. The van der Waals surface area contributed by atoms with Crippen LogP contribution < -0.4 is 9.47 Å². The van der Waals surface area contributed by atoms with E-state index < -0.39 is 5.97 Å². The number of carbonyl (C=O) groups is 1. The van der Waals surface area contributed by atoms with Crippen LogP contribution in [-0.4, -0.2) is 49.3 Å². The summed E-state index contributed by atoms with van der Waals surface area (Å²) in [5.41, 5.74) is 0.947. The van der Waals surface area contributed by atoms with Gasteiger partial charge in [-0.05, 0) is 50.0 Å². The van der Waals surface area contributed by atoms with Crippen molar-refractivity contribution in [1.82, 2.24) is 4.90 Å². The predicted molar refractivity (Wildman–Crippen MR) is 84.7 cm³/mol. The Labute approximate surface area is 131 Å². The fourth-order valence-electron chi connectivity index (χ4n) is 2.71. The molecule has 0 radical (unpaired) electrons. The van der Waals surface area contributed by atoms with E-state index in [0.717, 1.165) is 30.9 Å². The molecule has 5 heteroatoms. The summed E-state index contributed by atoms with van der Waals surface area (Å²) in [6, 6.07) is 5.63. The molecular weight excluding hydrogens is 282 g/mol. The van der Waals surface area contributed by atoms with E-state index in [0.29, 0.717) is 18.8 Å². The third-order valence-corrected chi connectivity index (χ3v) is 3.97. The number of piperidine rings is 1. The zero-order chi connectivity index (χ0) is 15.8. The topological polar surface area (TPSA) is 59.0 Å². The second kappa shape index (κ2) is 8.63. The van der Waals surface area contributed by atoms with Gasteiger partial charge in [0.05, 0.1) is 7.11 Å². The Morgan fingerprint density at radius 3 is 2.68 bits per heavy atom. The lowest BCUT2D eigenvalue weighted by molar-refractivity contribution is -0.136. The molecule has 0 aromatic heterocycles. The van der Waals surface area contributed by atoms with Gasteiger partial charge >= 0.3 is 5.97 Å². The minimum atomic E-state index is -0.791. The van der Waals surface area contributed by atoms with Crippen molar-refractivity contribution in [2.75, 3.05) is 33.4 Å². The normalized spacial score (nSPS) is 15.5. The number of nitrogens with zero attached hydrogens (tertiary/aromatic N) is 1. The molecule has 1 fully saturated rings. The standard InChI is InChI=1S/C17H25NO4/c1-21-16-13-14(6-8-17(19)20)5-7-15(16)22-12-11-18-9-3-2-4-10-18/h5,7,13H,2-4,6,8-12H2,1H3,(H,19,20). The number of aliphatic carboxylic acids is 1. The lowest BCUT2D eigenvalue weighted by Gasteiger charge is -2.26. The van der Waals surface area contributed by atoms with Crippen LogP contribution in [0.5, 0.6) is 11.5 Å². The van der Waals surface area contributed by atoms with Crippen LogP contribution in [0.3, 0.4) is 0 Å². The van der Waals surface area contributed by atoms with Crippen LogP contribution in [-0.2, 0) is 11.2 Å². The Morgan fingerprint density at radius 2 is 2.00 bits per heavy atom. The predicted octanol–water partition coefficient (Wildman–Crippen LogP) is 2.58. The van der Waals surface area contributed by atoms with Crippen molar-refractivity contribution in [2.24, 2.45) is 0 Å². The molecule has 1 aromatic carbocycles. The lowest BCUT2D eigenvalue weighted by Crippen LogP contribution is -2.33. The molecule has 0 atom stereocenters. The van der Waals surface area contributed by atoms with E-state index in [1.165, 1.54) is 19.3 Å². The zero-order valence-corrected chi connectivity index (χ0v) is 13.2. The average Bonchev–Trinajstić information content (AvgIpc) is 2.54. The highest BCUT2D eigenvalue weighted by Crippen LogP contribution is 2.28. The summed E-state index contributed by atoms with van der Waals surface area (Å²) >= 11 is 0. The first-order valence-electron chi connectivity index (χ1n) is 7.93. The number of rotatable bonds is 8. The summed E-state index contributed by atoms with van der Waals surface area (Å²) in [6.45, 7) is 3.90. The van der Waals surface area contributed by atoms with E-state index in [2.05, 4.69) is 4.90 Å². The lowest BCUT2D eigenvalue weighted by atomic mass is 10.1. The van der Waals surface area contributed by atoms with Gasteiger partial charge in [-0.3, -0.25) is 9.69 Å². The molecule has 22 heavy (non-hydrogen) atoms. The van der Waals surface area contributed by atoms with Crippen molar-refractivity contribution in [1.29, 1.82) is 0 Å². The smallest absolute Gasteiger partial charge is 0.303 e. The highest BCUT2D eigenvalue weighted by Gasteiger charge is 2.11. The van der Waals surface area contributed by atoms with Crippen molar-refractivity contribution >= 4 is 5.97 Å². The Bertz CT molecular complexity index is 484. The van der Waals surface area contributed by atoms with E-state index in [4.69, 9.17) is 14.6 Å². The van der Waals surface area contributed by atoms with Gasteiger partial charge in [0.15, 0.2) is 11.5 Å². The molecule has 1 saturated heterocycles. The molecule has 0 saturated carbocycles. The second-order valence-electron chi connectivity index (χ2n) is 5.63. The number of carboxylic acid groups (broad SMARTS) is 1. The molecule has 1 N–H and O–H groups in total. The third-order valence-electron chi connectivity index (χ3n) is 3.97. The van der Waals surface area contributed by atoms with Gasteiger partial charge in [0.25, 0.3) is 0 Å². The first-order valence-corrected chi connectivity index (χ1v) is 7.93. The maximum Gasteiger partial charge on any atom is 0.303 e. The molecule has 1 aromatic rings. The summed E-state index contributed by atoms with van der Waals surface area (Å²) in [5.74, 6) is 0.598. The number of methoxy groups -OCH3 is 1. The van der Waals surface area contributed by atoms with Crippen LogP contribution >= 0.6 is 0 Å². The van der Waals surface area contributed by atoms with Crippen LogP contribution in [0.25, 0.3) is 0 Å². The van der Waals surface area contributed by atoms with Crippen molar-refractivity contribution in [3.8, 4) is 11.5 Å². The van der Waals surface area contributed by atoms with Crippen LogP contribution in [0.2, 0.25) is 0 Å². The minimum Gasteiger partial charge on any atom is -0.493 e. The highest BCUT2D eigenvalue weighted by molar-refractivity contribution is 5.67. The van der Waals surface area contributed by atoms with E-state index in [1.807, 2.05) is 18.2 Å². The molecule has 0 unspecified atom stereocenters. The maximum atomic E-state index is 10.6. The molecule has 0 aliphatic carbocycles. The van der Waals surface area contributed by atoms with Gasteiger partial charge in [0.2, 0.25) is 0 Å². The molecular formula is C17H25NO4. The van der Waals surface area contributed by atoms with Crippen molar-refractivity contribution in [3.05, 3.63) is 23.8 Å². The zero-order valence-electron chi connectivity index (χ0n) is 13.2. The SMILES string of the molecule is COc1cc(CCC(=O)O)ccc1OCCN1CCCCC1. The molecule has 0 amide bonds. The van der Waals surface area contributed by atoms with E-state index in [-0.39, 0.29) is 6.42 Å². The number of aryl methyl sites for hydroxylation is 1. The summed E-state index contributed by atoms with van der Waals surface area (Å²) in [5, 5.41) is 8.74. The highest BCUT2D eigenvalue weighted by atomic mass is 16.5. The van der Waals surface area contributed by atoms with Gasteiger partial charge in [0, 0.05) is 13.0 Å². The fraction of sp³-hybridized carbons (Fsp3) is 0.588. The quantitative estimate of drug-likeness (QED) is 0.800. The van der Waals surface area contributed by atoms with Gasteiger partial charge in [-0.2, -0.15) is 0 Å². The van der Waals surface area contributed by atoms with Crippen LogP contribution in [0, 0.1) is 0 Å². The fourth-order valence-corrected chi connectivity index (χ4v) is 2.71. The van der Waals surface area contributed by atoms with Crippen LogP contribution in [0.4, 0.5) is 0 Å². The maximum absolute atomic E-state index is 10.6. The minimum absolute atomic E-state index is 0.123. The van der Waals surface area contributed by atoms with E-state index >= 15 is 0 Å². The number of hydrogen-bond donors (Lipinski definition) is 1. The Balaban J connectivity index is 1.85. The van der Waals surface area contributed by atoms with Crippen LogP contribution in [0.1, 0.15) is 31.2 Å². The molecule has 122 valence electrons. The Morgan fingerprint density at radius 1 is 1.23 bits per heavy atom. The summed E-state index contributed by atoms with van der Waals surface area (Å²) in [7, 11) is 1.60. The largest absolute Gasteiger partial charge is 0.493 e. The van der Waals surface area contributed by atoms with Crippen LogP contribution in [0.15, 0.2) is 18.2 Å². The number of carboxylic acids is 1. The first kappa shape index (κ1) is 16.6. The first-order chi connectivity index (χ1) is 10.7. The van der Waals surface area contributed by atoms with Gasteiger partial charge < -0.3 is 14.6 Å². The monoisotopic (exact) mass is 307 g/mol. The molecule has 1 aliphatic heterocycles. The summed E-state index contributed by atoms with van der Waals surface area (Å²) < 4.78 is 11.2. The van der Waals surface area contributed by atoms with Gasteiger partial charge in [-0.25, -0.2) is 0 Å². The summed E-state index contributed by atoms with van der Waals surface area (Å²) in [6.07, 6.45) is 4.52. The number of likely N-dealkylation sites (tertiary alicyclic amines) is 1. The molecule has 1 heterocycles. The molecule has 5 nitrogen and oxygen atoms in total. The van der Waals surface area contributed by atoms with Gasteiger partial charge in [-0.15, -0.1) is 0 Å². The van der Waals surface area contributed by atoms with Crippen molar-refractivity contribution in [3.63, 3.8) is 0 Å². The van der Waals surface area contributed by atoms with Crippen molar-refractivity contribution in [2.45, 2.75) is 32.1 Å². The Kier molecular flexibility index (Phi) is 6.52. The van der Waals surface area contributed by atoms with Gasteiger partial charge in [0.1, 0.15) is 6.61 Å². The number of ether oxygens (including phenoxy) is 2. The Hall–Kier alpha value is -1.75. The number of benzene rings is 1.